The number of carbonyl (C=O) groups is 1. The van der Waals surface area contributed by atoms with Gasteiger partial charge in [-0.2, -0.15) is 0 Å². The lowest BCUT2D eigenvalue weighted by Crippen LogP contribution is -2.40. The van der Waals surface area contributed by atoms with Crippen LogP contribution in [0.15, 0.2) is 24.4 Å². The average molecular weight is 350 g/mol. The molecule has 2 aromatic rings. The first-order chi connectivity index (χ1) is 12.5. The quantitative estimate of drug-likeness (QED) is 0.922. The summed E-state index contributed by atoms with van der Waals surface area (Å²) in [5.41, 5.74) is 7.78. The Labute approximate surface area is 154 Å². The van der Waals surface area contributed by atoms with E-state index < -0.39 is 0 Å². The first kappa shape index (κ1) is 17.2. The van der Waals surface area contributed by atoms with Gasteiger partial charge in [-0.3, -0.25) is 9.78 Å². The highest BCUT2D eigenvalue weighted by molar-refractivity contribution is 5.99. The smallest absolute Gasteiger partial charge is 0.254 e. The molecule has 4 heteroatoms. The molecule has 0 saturated heterocycles. The first-order valence-electron chi connectivity index (χ1n) is 9.48. The van der Waals surface area contributed by atoms with Crippen molar-refractivity contribution in [1.82, 2.24) is 9.88 Å². The number of aromatic nitrogens is 1. The van der Waals surface area contributed by atoms with Crippen molar-refractivity contribution in [2.75, 3.05) is 0 Å². The van der Waals surface area contributed by atoms with Gasteiger partial charge in [-0.1, -0.05) is 6.07 Å². The molecular weight excluding hydrogens is 324 g/mol. The van der Waals surface area contributed by atoms with E-state index in [0.717, 1.165) is 48.1 Å². The molecule has 26 heavy (non-hydrogen) atoms. The molecule has 1 fully saturated rings. The van der Waals surface area contributed by atoms with Crippen molar-refractivity contribution in [2.24, 2.45) is 0 Å². The lowest BCUT2D eigenvalue weighted by Gasteiger charge is -2.26. The largest absolute Gasteiger partial charge is 0.391 e. The summed E-state index contributed by atoms with van der Waals surface area (Å²) in [6.45, 7) is 6.88. The zero-order chi connectivity index (χ0) is 18.4. The van der Waals surface area contributed by atoms with Crippen LogP contribution in [0, 0.1) is 20.8 Å². The van der Waals surface area contributed by atoms with E-state index >= 15 is 0 Å². The lowest BCUT2D eigenvalue weighted by atomic mass is 9.91. The number of rotatable bonds is 3. The van der Waals surface area contributed by atoms with E-state index in [9.17, 15) is 9.90 Å². The van der Waals surface area contributed by atoms with Gasteiger partial charge in [0.25, 0.3) is 5.91 Å². The Bertz CT molecular complexity index is 857. The fraction of sp³-hybridized carbons (Fsp3) is 0.455. The minimum atomic E-state index is -0.382. The summed E-state index contributed by atoms with van der Waals surface area (Å²) < 4.78 is 0. The summed E-state index contributed by atoms with van der Waals surface area (Å²) in [5.74, 6) is 0.0809. The van der Waals surface area contributed by atoms with Crippen LogP contribution in [0.25, 0.3) is 0 Å². The second-order valence-electron chi connectivity index (χ2n) is 7.80. The topological polar surface area (TPSA) is 53.4 Å². The fourth-order valence-electron chi connectivity index (χ4n) is 4.39. The van der Waals surface area contributed by atoms with Crippen molar-refractivity contribution in [3.63, 3.8) is 0 Å². The van der Waals surface area contributed by atoms with E-state index in [1.165, 1.54) is 16.7 Å². The molecule has 4 rings (SSSR count). The van der Waals surface area contributed by atoms with Crippen LogP contribution in [0.3, 0.4) is 0 Å². The van der Waals surface area contributed by atoms with E-state index in [1.807, 2.05) is 24.1 Å². The maximum Gasteiger partial charge on any atom is 0.254 e. The number of aryl methyl sites for hydroxylation is 1. The maximum atomic E-state index is 13.0. The summed E-state index contributed by atoms with van der Waals surface area (Å²) in [4.78, 5) is 19.3. The van der Waals surface area contributed by atoms with Crippen molar-refractivity contribution >= 4 is 5.91 Å². The molecule has 136 valence electrons. The summed E-state index contributed by atoms with van der Waals surface area (Å²) in [6.07, 6.45) is 5.02. The van der Waals surface area contributed by atoms with Crippen LogP contribution in [0.2, 0.25) is 0 Å². The molecule has 2 heterocycles. The Kier molecular flexibility index (Phi) is 4.31. The van der Waals surface area contributed by atoms with Crippen molar-refractivity contribution in [2.45, 2.75) is 65.1 Å². The van der Waals surface area contributed by atoms with Gasteiger partial charge >= 0.3 is 0 Å². The number of aliphatic hydroxyl groups excluding tert-OH is 1. The molecule has 0 bridgehead atoms. The summed E-state index contributed by atoms with van der Waals surface area (Å²) in [5, 5.41) is 10.2. The van der Waals surface area contributed by atoms with E-state index in [2.05, 4.69) is 31.0 Å². The minimum absolute atomic E-state index is 0.0284. The molecule has 0 spiro atoms. The van der Waals surface area contributed by atoms with Crippen molar-refractivity contribution in [3.8, 4) is 0 Å². The normalized spacial score (nSPS) is 22.2. The fourth-order valence-corrected chi connectivity index (χ4v) is 4.39. The monoisotopic (exact) mass is 350 g/mol. The number of carbonyl (C=O) groups excluding carboxylic acids is 1. The van der Waals surface area contributed by atoms with E-state index in [0.29, 0.717) is 6.54 Å². The van der Waals surface area contributed by atoms with Gasteiger partial charge in [0, 0.05) is 24.0 Å². The molecule has 1 aromatic carbocycles. The minimum Gasteiger partial charge on any atom is -0.391 e. The average Bonchev–Trinajstić information content (AvgIpc) is 3.18. The SMILES string of the molecule is Cc1ccc(Cc2cc3c(c(C)c2C)CN(C2CCCC2O)C3=O)cn1. The Morgan fingerprint density at radius 2 is 2.00 bits per heavy atom. The van der Waals surface area contributed by atoms with Crippen molar-refractivity contribution in [3.05, 3.63) is 63.5 Å². The Morgan fingerprint density at radius 1 is 1.19 bits per heavy atom. The molecule has 4 nitrogen and oxygen atoms in total. The highest BCUT2D eigenvalue weighted by atomic mass is 16.3. The Balaban J connectivity index is 1.67. The third-order valence-electron chi connectivity index (χ3n) is 6.17. The standard InChI is InChI=1S/C22H26N2O2/c1-13-7-8-16(11-23-13)9-17-10-18-19(15(3)14(17)2)12-24(22(18)26)20-5-4-6-21(20)25/h7-8,10-11,20-21,25H,4-6,9,12H2,1-3H3. The molecule has 2 aliphatic rings. The Hall–Kier alpha value is -2.20. The molecule has 1 aromatic heterocycles. The van der Waals surface area contributed by atoms with Gasteiger partial charge in [0.2, 0.25) is 0 Å². The van der Waals surface area contributed by atoms with Gasteiger partial charge in [0.15, 0.2) is 0 Å². The molecule has 1 aliphatic carbocycles. The number of benzene rings is 1. The van der Waals surface area contributed by atoms with Crippen LogP contribution in [-0.2, 0) is 13.0 Å². The Morgan fingerprint density at radius 3 is 2.65 bits per heavy atom. The van der Waals surface area contributed by atoms with Gasteiger partial charge in [-0.15, -0.1) is 0 Å². The predicted molar refractivity (Wildman–Crippen MR) is 101 cm³/mol. The number of pyridine rings is 1. The molecule has 1 N–H and O–H groups in total. The maximum absolute atomic E-state index is 13.0. The van der Waals surface area contributed by atoms with Gasteiger partial charge in [-0.05, 0) is 86.4 Å². The molecule has 2 atom stereocenters. The molecule has 2 unspecified atom stereocenters. The van der Waals surface area contributed by atoms with Gasteiger partial charge in [0.05, 0.1) is 12.1 Å². The predicted octanol–water partition coefficient (Wildman–Crippen LogP) is 3.47. The third-order valence-corrected chi connectivity index (χ3v) is 6.17. The van der Waals surface area contributed by atoms with Gasteiger partial charge in [0.1, 0.15) is 0 Å². The second-order valence-corrected chi connectivity index (χ2v) is 7.80. The number of hydrogen-bond donors (Lipinski definition) is 1. The highest BCUT2D eigenvalue weighted by Crippen LogP contribution is 2.35. The lowest BCUT2D eigenvalue weighted by molar-refractivity contribution is 0.0479. The van der Waals surface area contributed by atoms with Gasteiger partial charge in [-0.25, -0.2) is 0 Å². The van der Waals surface area contributed by atoms with E-state index in [-0.39, 0.29) is 18.1 Å². The van der Waals surface area contributed by atoms with Crippen LogP contribution in [0.1, 0.15) is 63.1 Å². The zero-order valence-electron chi connectivity index (χ0n) is 15.7. The van der Waals surface area contributed by atoms with Crippen LogP contribution in [0.4, 0.5) is 0 Å². The van der Waals surface area contributed by atoms with E-state index in [4.69, 9.17) is 0 Å². The zero-order valence-corrected chi connectivity index (χ0v) is 15.7. The molecule has 1 aliphatic heterocycles. The number of fused-ring (bicyclic) bond motifs is 1. The van der Waals surface area contributed by atoms with Crippen LogP contribution >= 0.6 is 0 Å². The molecule has 0 radical (unpaired) electrons. The summed E-state index contributed by atoms with van der Waals surface area (Å²) in [7, 11) is 0. The van der Waals surface area contributed by atoms with Gasteiger partial charge < -0.3 is 10.0 Å². The van der Waals surface area contributed by atoms with Crippen LogP contribution in [-0.4, -0.2) is 33.0 Å². The first-order valence-corrected chi connectivity index (χ1v) is 9.48. The summed E-state index contributed by atoms with van der Waals surface area (Å²) in [6, 6.07) is 6.17. The number of amides is 1. The third kappa shape index (κ3) is 2.82. The second kappa shape index (κ2) is 6.51. The number of nitrogens with zero attached hydrogens (tertiary/aromatic N) is 2. The van der Waals surface area contributed by atoms with Crippen LogP contribution in [0.5, 0.6) is 0 Å². The molecule has 1 amide bonds. The van der Waals surface area contributed by atoms with Crippen molar-refractivity contribution < 1.29 is 9.90 Å². The number of aliphatic hydroxyl groups is 1. The van der Waals surface area contributed by atoms with Crippen LogP contribution < -0.4 is 0 Å². The van der Waals surface area contributed by atoms with Crippen molar-refractivity contribution in [1.29, 1.82) is 0 Å². The number of hydrogen-bond acceptors (Lipinski definition) is 3. The highest BCUT2D eigenvalue weighted by Gasteiger charge is 2.39. The van der Waals surface area contributed by atoms with E-state index in [1.54, 1.807) is 0 Å². The summed E-state index contributed by atoms with van der Waals surface area (Å²) >= 11 is 0. The molecule has 1 saturated carbocycles. The molecular formula is C22H26N2O2.